The largest absolute Gasteiger partial charge is 0.318 e. The van der Waals surface area contributed by atoms with Crippen LogP contribution in [0.2, 0.25) is 0 Å². The number of carbonyl (C=O) groups is 1. The highest BCUT2D eigenvalue weighted by molar-refractivity contribution is 7.10. The Balaban J connectivity index is 2.15. The van der Waals surface area contributed by atoms with Crippen molar-refractivity contribution in [3.63, 3.8) is 0 Å². The normalized spacial score (nSPS) is 25.7. The second kappa shape index (κ2) is 5.85. The van der Waals surface area contributed by atoms with Gasteiger partial charge in [0.05, 0.1) is 6.04 Å². The van der Waals surface area contributed by atoms with Crippen molar-refractivity contribution in [2.75, 3.05) is 0 Å². The molecule has 2 heterocycles. The lowest BCUT2D eigenvalue weighted by Gasteiger charge is -2.30. The monoisotopic (exact) mass is 266 g/mol. The maximum absolute atomic E-state index is 12.3. The van der Waals surface area contributed by atoms with Crippen LogP contribution in [-0.2, 0) is 4.79 Å². The smallest absolute Gasteiger partial charge is 0.241 e. The summed E-state index contributed by atoms with van der Waals surface area (Å²) in [6.45, 7) is 6.31. The van der Waals surface area contributed by atoms with E-state index in [2.05, 4.69) is 30.6 Å². The Kier molecular flexibility index (Phi) is 4.40. The standard InChI is InChI=1S/C14H22N2OS/c1-4-5-7-10(2)16-13(12-8-6-9-18-12)15-11(3)14(16)17/h6,8-11,13,15H,4-5,7H2,1-3H3. The van der Waals surface area contributed by atoms with E-state index in [4.69, 9.17) is 0 Å². The van der Waals surface area contributed by atoms with E-state index in [-0.39, 0.29) is 18.1 Å². The van der Waals surface area contributed by atoms with Crippen molar-refractivity contribution in [3.05, 3.63) is 22.4 Å². The van der Waals surface area contributed by atoms with E-state index in [9.17, 15) is 4.79 Å². The average Bonchev–Trinajstić information content (AvgIpc) is 2.96. The van der Waals surface area contributed by atoms with E-state index < -0.39 is 0 Å². The predicted molar refractivity (Wildman–Crippen MR) is 75.5 cm³/mol. The topological polar surface area (TPSA) is 32.3 Å². The highest BCUT2D eigenvalue weighted by Crippen LogP contribution is 2.31. The van der Waals surface area contributed by atoms with E-state index in [0.717, 1.165) is 6.42 Å². The maximum atomic E-state index is 12.3. The molecule has 4 heteroatoms. The second-order valence-corrected chi connectivity index (χ2v) is 6.02. The first-order chi connectivity index (χ1) is 8.65. The van der Waals surface area contributed by atoms with Crippen LogP contribution < -0.4 is 5.32 Å². The number of unbranched alkanes of at least 4 members (excludes halogenated alkanes) is 1. The van der Waals surface area contributed by atoms with Crippen LogP contribution in [0, 0.1) is 0 Å². The zero-order valence-electron chi connectivity index (χ0n) is 11.3. The third kappa shape index (κ3) is 2.59. The van der Waals surface area contributed by atoms with Gasteiger partial charge in [-0.25, -0.2) is 0 Å². The van der Waals surface area contributed by atoms with Crippen LogP contribution in [0.25, 0.3) is 0 Å². The third-order valence-corrected chi connectivity index (χ3v) is 4.50. The van der Waals surface area contributed by atoms with E-state index in [1.807, 2.05) is 17.9 Å². The van der Waals surface area contributed by atoms with Gasteiger partial charge in [0.15, 0.2) is 0 Å². The summed E-state index contributed by atoms with van der Waals surface area (Å²) in [6.07, 6.45) is 3.51. The minimum Gasteiger partial charge on any atom is -0.318 e. The molecule has 1 N–H and O–H groups in total. The van der Waals surface area contributed by atoms with Crippen molar-refractivity contribution in [1.82, 2.24) is 10.2 Å². The van der Waals surface area contributed by atoms with E-state index >= 15 is 0 Å². The van der Waals surface area contributed by atoms with Gasteiger partial charge in [0, 0.05) is 10.9 Å². The summed E-state index contributed by atoms with van der Waals surface area (Å²) < 4.78 is 0. The highest BCUT2D eigenvalue weighted by Gasteiger charge is 2.39. The number of amides is 1. The number of carbonyl (C=O) groups excluding carboxylic acids is 1. The molecule has 0 aromatic carbocycles. The van der Waals surface area contributed by atoms with Crippen LogP contribution in [0.5, 0.6) is 0 Å². The Labute approximate surface area is 113 Å². The Bertz CT molecular complexity index is 391. The molecule has 3 unspecified atom stereocenters. The molecule has 1 aliphatic rings. The van der Waals surface area contributed by atoms with Crippen molar-refractivity contribution >= 4 is 17.2 Å². The van der Waals surface area contributed by atoms with E-state index in [0.29, 0.717) is 6.04 Å². The molecule has 3 nitrogen and oxygen atoms in total. The Hall–Kier alpha value is -0.870. The number of hydrogen-bond acceptors (Lipinski definition) is 3. The first kappa shape index (κ1) is 13.6. The van der Waals surface area contributed by atoms with Gasteiger partial charge in [0.25, 0.3) is 0 Å². The fourth-order valence-electron chi connectivity index (χ4n) is 2.52. The number of nitrogens with one attached hydrogen (secondary N) is 1. The first-order valence-corrected chi connectivity index (χ1v) is 7.64. The Morgan fingerprint density at radius 2 is 2.33 bits per heavy atom. The van der Waals surface area contributed by atoms with Gasteiger partial charge in [-0.3, -0.25) is 10.1 Å². The van der Waals surface area contributed by atoms with Gasteiger partial charge in [-0.05, 0) is 31.7 Å². The first-order valence-electron chi connectivity index (χ1n) is 6.76. The molecule has 1 aromatic heterocycles. The molecule has 1 saturated heterocycles. The fourth-order valence-corrected chi connectivity index (χ4v) is 3.30. The van der Waals surface area contributed by atoms with Crippen molar-refractivity contribution in [2.45, 2.75) is 58.3 Å². The van der Waals surface area contributed by atoms with Crippen LogP contribution in [-0.4, -0.2) is 22.9 Å². The van der Waals surface area contributed by atoms with Gasteiger partial charge >= 0.3 is 0 Å². The van der Waals surface area contributed by atoms with E-state index in [1.54, 1.807) is 11.3 Å². The molecule has 3 atom stereocenters. The quantitative estimate of drug-likeness (QED) is 0.888. The highest BCUT2D eigenvalue weighted by atomic mass is 32.1. The molecule has 18 heavy (non-hydrogen) atoms. The van der Waals surface area contributed by atoms with Gasteiger partial charge < -0.3 is 4.90 Å². The van der Waals surface area contributed by atoms with Gasteiger partial charge in [-0.1, -0.05) is 25.8 Å². The van der Waals surface area contributed by atoms with Gasteiger partial charge in [0.1, 0.15) is 6.17 Å². The molecule has 2 rings (SSSR count). The second-order valence-electron chi connectivity index (χ2n) is 5.04. The average molecular weight is 266 g/mol. The van der Waals surface area contributed by atoms with Gasteiger partial charge in [-0.15, -0.1) is 11.3 Å². The van der Waals surface area contributed by atoms with Crippen LogP contribution >= 0.6 is 11.3 Å². The summed E-state index contributed by atoms with van der Waals surface area (Å²) in [5.74, 6) is 0.233. The van der Waals surface area contributed by atoms with Gasteiger partial charge in [-0.2, -0.15) is 0 Å². The summed E-state index contributed by atoms with van der Waals surface area (Å²) in [7, 11) is 0. The molecule has 1 aromatic rings. The molecule has 1 fully saturated rings. The summed E-state index contributed by atoms with van der Waals surface area (Å²) in [5, 5.41) is 5.47. The van der Waals surface area contributed by atoms with Crippen molar-refractivity contribution in [1.29, 1.82) is 0 Å². The van der Waals surface area contributed by atoms with Crippen molar-refractivity contribution in [3.8, 4) is 0 Å². The fraction of sp³-hybridized carbons (Fsp3) is 0.643. The maximum Gasteiger partial charge on any atom is 0.241 e. The number of thiophene rings is 1. The lowest BCUT2D eigenvalue weighted by molar-refractivity contribution is -0.131. The minimum absolute atomic E-state index is 0.0684. The minimum atomic E-state index is -0.0684. The molecule has 0 aliphatic carbocycles. The molecule has 0 saturated carbocycles. The van der Waals surface area contributed by atoms with Crippen LogP contribution in [0.4, 0.5) is 0 Å². The molecule has 1 aliphatic heterocycles. The van der Waals surface area contributed by atoms with Crippen LogP contribution in [0.3, 0.4) is 0 Å². The Morgan fingerprint density at radius 3 is 2.94 bits per heavy atom. The summed E-state index contributed by atoms with van der Waals surface area (Å²) in [6, 6.07) is 4.39. The summed E-state index contributed by atoms with van der Waals surface area (Å²) in [4.78, 5) is 15.5. The lowest BCUT2D eigenvalue weighted by Crippen LogP contribution is -2.38. The number of hydrogen-bond donors (Lipinski definition) is 1. The molecule has 0 radical (unpaired) electrons. The summed E-state index contributed by atoms with van der Waals surface area (Å²) >= 11 is 1.71. The zero-order chi connectivity index (χ0) is 13.1. The van der Waals surface area contributed by atoms with E-state index in [1.165, 1.54) is 17.7 Å². The lowest BCUT2D eigenvalue weighted by atomic mass is 10.1. The Morgan fingerprint density at radius 1 is 1.56 bits per heavy atom. The molecule has 100 valence electrons. The molecule has 0 bridgehead atoms. The summed E-state index contributed by atoms with van der Waals surface area (Å²) in [5.41, 5.74) is 0. The molecule has 0 spiro atoms. The van der Waals surface area contributed by atoms with Crippen LogP contribution in [0.1, 0.15) is 51.1 Å². The molecule has 1 amide bonds. The van der Waals surface area contributed by atoms with Crippen molar-refractivity contribution in [2.24, 2.45) is 0 Å². The molecular weight excluding hydrogens is 244 g/mol. The van der Waals surface area contributed by atoms with Gasteiger partial charge in [0.2, 0.25) is 5.91 Å². The SMILES string of the molecule is CCCCC(C)N1C(=O)C(C)NC1c1cccs1. The predicted octanol–water partition coefficient (Wildman–Crippen LogP) is 3.15. The van der Waals surface area contributed by atoms with Crippen molar-refractivity contribution < 1.29 is 4.79 Å². The number of nitrogens with zero attached hydrogens (tertiary/aromatic N) is 1. The van der Waals surface area contributed by atoms with Crippen LogP contribution in [0.15, 0.2) is 17.5 Å². The third-order valence-electron chi connectivity index (χ3n) is 3.57. The zero-order valence-corrected chi connectivity index (χ0v) is 12.2. The molecular formula is C14H22N2OS. The number of rotatable bonds is 5.